The van der Waals surface area contributed by atoms with E-state index in [0.29, 0.717) is 0 Å². The molecule has 0 fully saturated rings. The van der Waals surface area contributed by atoms with E-state index in [1.165, 1.54) is 5.56 Å². The van der Waals surface area contributed by atoms with Crippen molar-refractivity contribution in [3.05, 3.63) is 44.1 Å². The topological polar surface area (TPSA) is 56.5 Å². The van der Waals surface area contributed by atoms with Crippen LogP contribution in [0.3, 0.4) is 0 Å². The summed E-state index contributed by atoms with van der Waals surface area (Å²) in [6, 6.07) is 7.71. The highest BCUT2D eigenvalue weighted by Crippen LogP contribution is 2.38. The smallest absolute Gasteiger partial charge is 0.127 e. The van der Waals surface area contributed by atoms with E-state index in [1.807, 2.05) is 18.2 Å². The Bertz CT molecular complexity index is 581. The molecule has 108 valence electrons. The normalized spacial score (nSPS) is 12.2. The standard InChI is InChI=1S/C14H17BrN2O2S/c1-8-6-12(20-14(8)15)13(17-16)10-5-4-9(18-2)7-11(10)19-3/h4-7,13,17H,16H2,1-3H3. The van der Waals surface area contributed by atoms with Gasteiger partial charge in [-0.15, -0.1) is 11.3 Å². The van der Waals surface area contributed by atoms with Crippen molar-refractivity contribution < 1.29 is 9.47 Å². The summed E-state index contributed by atoms with van der Waals surface area (Å²) >= 11 is 5.20. The fourth-order valence-corrected chi connectivity index (χ4v) is 3.66. The van der Waals surface area contributed by atoms with Gasteiger partial charge in [-0.2, -0.15) is 0 Å². The first-order valence-electron chi connectivity index (χ1n) is 6.04. The van der Waals surface area contributed by atoms with Gasteiger partial charge in [0, 0.05) is 16.5 Å². The zero-order valence-electron chi connectivity index (χ0n) is 11.6. The Balaban J connectivity index is 2.46. The minimum atomic E-state index is -0.120. The van der Waals surface area contributed by atoms with Crippen LogP contribution in [0.2, 0.25) is 0 Å². The summed E-state index contributed by atoms with van der Waals surface area (Å²) in [5.41, 5.74) is 5.02. The number of halogens is 1. The largest absolute Gasteiger partial charge is 0.497 e. The second-order valence-electron chi connectivity index (χ2n) is 4.31. The van der Waals surface area contributed by atoms with Crippen molar-refractivity contribution in [3.63, 3.8) is 0 Å². The fraction of sp³-hybridized carbons (Fsp3) is 0.286. The minimum Gasteiger partial charge on any atom is -0.497 e. The van der Waals surface area contributed by atoms with Crippen molar-refractivity contribution in [2.24, 2.45) is 5.84 Å². The van der Waals surface area contributed by atoms with Crippen LogP contribution in [0, 0.1) is 6.92 Å². The molecule has 0 bridgehead atoms. The van der Waals surface area contributed by atoms with Crippen LogP contribution in [0.25, 0.3) is 0 Å². The number of hydrazine groups is 1. The Hall–Kier alpha value is -1.08. The molecule has 1 aromatic heterocycles. The molecule has 2 aromatic rings. The maximum atomic E-state index is 5.74. The van der Waals surface area contributed by atoms with E-state index in [-0.39, 0.29) is 6.04 Å². The van der Waals surface area contributed by atoms with Crippen molar-refractivity contribution in [3.8, 4) is 11.5 Å². The Morgan fingerprint density at radius 2 is 2.00 bits per heavy atom. The lowest BCUT2D eigenvalue weighted by Crippen LogP contribution is -2.28. The van der Waals surface area contributed by atoms with E-state index in [9.17, 15) is 0 Å². The first kappa shape index (κ1) is 15.3. The summed E-state index contributed by atoms with van der Waals surface area (Å²) < 4.78 is 11.8. The first-order valence-corrected chi connectivity index (χ1v) is 7.65. The predicted octanol–water partition coefficient (Wildman–Crippen LogP) is 3.39. The van der Waals surface area contributed by atoms with E-state index in [1.54, 1.807) is 25.6 Å². The maximum Gasteiger partial charge on any atom is 0.127 e. The van der Waals surface area contributed by atoms with E-state index < -0.39 is 0 Å². The summed E-state index contributed by atoms with van der Waals surface area (Å²) in [5.74, 6) is 7.24. The highest BCUT2D eigenvalue weighted by molar-refractivity contribution is 9.11. The molecular weight excluding hydrogens is 340 g/mol. The Kier molecular flexibility index (Phi) is 5.04. The Morgan fingerprint density at radius 3 is 2.50 bits per heavy atom. The van der Waals surface area contributed by atoms with Crippen LogP contribution in [0.5, 0.6) is 11.5 Å². The van der Waals surface area contributed by atoms with E-state index >= 15 is 0 Å². The summed E-state index contributed by atoms with van der Waals surface area (Å²) in [5, 5.41) is 0. The van der Waals surface area contributed by atoms with Crippen LogP contribution < -0.4 is 20.7 Å². The van der Waals surface area contributed by atoms with Crippen molar-refractivity contribution in [1.82, 2.24) is 5.43 Å². The molecule has 4 nitrogen and oxygen atoms in total. The molecule has 0 saturated heterocycles. The van der Waals surface area contributed by atoms with Crippen molar-refractivity contribution in [1.29, 1.82) is 0 Å². The molecule has 1 heterocycles. The molecule has 20 heavy (non-hydrogen) atoms. The van der Waals surface area contributed by atoms with Gasteiger partial charge in [-0.25, -0.2) is 5.43 Å². The molecule has 1 aromatic carbocycles. The third-order valence-electron chi connectivity index (χ3n) is 3.08. The van der Waals surface area contributed by atoms with Crippen molar-refractivity contribution >= 4 is 27.3 Å². The summed E-state index contributed by atoms with van der Waals surface area (Å²) in [6.45, 7) is 2.06. The number of ether oxygens (including phenoxy) is 2. The monoisotopic (exact) mass is 356 g/mol. The molecule has 0 radical (unpaired) electrons. The van der Waals surface area contributed by atoms with E-state index in [4.69, 9.17) is 15.3 Å². The van der Waals surface area contributed by atoms with Crippen LogP contribution >= 0.6 is 27.3 Å². The third-order valence-corrected chi connectivity index (χ3v) is 5.28. The quantitative estimate of drug-likeness (QED) is 0.636. The number of aryl methyl sites for hydroxylation is 1. The third kappa shape index (κ3) is 2.98. The Labute approximate surface area is 131 Å². The van der Waals surface area contributed by atoms with Gasteiger partial charge in [0.15, 0.2) is 0 Å². The van der Waals surface area contributed by atoms with E-state index in [2.05, 4.69) is 34.3 Å². The molecule has 0 aliphatic rings. The maximum absolute atomic E-state index is 5.74. The van der Waals surface area contributed by atoms with Gasteiger partial charge < -0.3 is 9.47 Å². The van der Waals surface area contributed by atoms with Gasteiger partial charge in [0.2, 0.25) is 0 Å². The van der Waals surface area contributed by atoms with Gasteiger partial charge >= 0.3 is 0 Å². The molecule has 6 heteroatoms. The number of hydrogen-bond acceptors (Lipinski definition) is 5. The zero-order valence-corrected chi connectivity index (χ0v) is 14.0. The van der Waals surface area contributed by atoms with Gasteiger partial charge in [-0.3, -0.25) is 5.84 Å². The molecule has 1 unspecified atom stereocenters. The highest BCUT2D eigenvalue weighted by atomic mass is 79.9. The number of nitrogens with two attached hydrogens (primary N) is 1. The number of nitrogens with one attached hydrogen (secondary N) is 1. The van der Waals surface area contributed by atoms with Crippen molar-refractivity contribution in [2.45, 2.75) is 13.0 Å². The van der Waals surface area contributed by atoms with Gasteiger partial charge in [-0.1, -0.05) is 0 Å². The SMILES string of the molecule is COc1ccc(C(NN)c2cc(C)c(Br)s2)c(OC)c1. The van der Waals surface area contributed by atoms with Gasteiger partial charge in [0.25, 0.3) is 0 Å². The van der Waals surface area contributed by atoms with Gasteiger partial charge in [-0.05, 0) is 46.6 Å². The summed E-state index contributed by atoms with van der Waals surface area (Å²) in [4.78, 5) is 1.13. The number of benzene rings is 1. The number of rotatable bonds is 5. The summed E-state index contributed by atoms with van der Waals surface area (Å²) in [7, 11) is 3.27. The second-order valence-corrected chi connectivity index (χ2v) is 6.71. The molecule has 2 rings (SSSR count). The van der Waals surface area contributed by atoms with Crippen LogP contribution in [-0.2, 0) is 0 Å². The van der Waals surface area contributed by atoms with Crippen LogP contribution in [0.4, 0.5) is 0 Å². The molecule has 0 amide bonds. The zero-order chi connectivity index (χ0) is 14.7. The van der Waals surface area contributed by atoms with Gasteiger partial charge in [0.05, 0.1) is 24.0 Å². The average Bonchev–Trinajstić information content (AvgIpc) is 2.79. The summed E-state index contributed by atoms with van der Waals surface area (Å²) in [6.07, 6.45) is 0. The highest BCUT2D eigenvalue weighted by Gasteiger charge is 2.20. The number of hydrogen-bond donors (Lipinski definition) is 2. The lowest BCUT2D eigenvalue weighted by atomic mass is 10.0. The van der Waals surface area contributed by atoms with Crippen LogP contribution in [0.1, 0.15) is 22.0 Å². The molecule has 3 N–H and O–H groups in total. The molecule has 0 aliphatic heterocycles. The second kappa shape index (κ2) is 6.58. The number of thiophene rings is 1. The lowest BCUT2D eigenvalue weighted by Gasteiger charge is -2.18. The minimum absolute atomic E-state index is 0.120. The average molecular weight is 357 g/mol. The molecule has 0 saturated carbocycles. The predicted molar refractivity (Wildman–Crippen MR) is 85.5 cm³/mol. The van der Waals surface area contributed by atoms with E-state index in [0.717, 1.165) is 25.7 Å². The lowest BCUT2D eigenvalue weighted by molar-refractivity contribution is 0.388. The van der Waals surface area contributed by atoms with Gasteiger partial charge in [0.1, 0.15) is 11.5 Å². The van der Waals surface area contributed by atoms with Crippen molar-refractivity contribution in [2.75, 3.05) is 14.2 Å². The Morgan fingerprint density at radius 1 is 1.25 bits per heavy atom. The first-order chi connectivity index (χ1) is 9.60. The fourth-order valence-electron chi connectivity index (χ4n) is 2.01. The molecule has 0 spiro atoms. The molecule has 0 aliphatic carbocycles. The molecular formula is C14H17BrN2O2S. The van der Waals surface area contributed by atoms with Crippen LogP contribution in [0.15, 0.2) is 28.1 Å². The van der Waals surface area contributed by atoms with Crippen LogP contribution in [-0.4, -0.2) is 14.2 Å². The number of methoxy groups -OCH3 is 2. The molecule has 1 atom stereocenters.